The lowest BCUT2D eigenvalue weighted by Gasteiger charge is -2.05. The number of ether oxygens (including phenoxy) is 1. The van der Waals surface area contributed by atoms with Gasteiger partial charge in [-0.15, -0.1) is 0 Å². The molecule has 0 bridgehead atoms. The fourth-order valence-electron chi connectivity index (χ4n) is 2.39. The highest BCUT2D eigenvalue weighted by molar-refractivity contribution is 6.02. The molecule has 1 aromatic carbocycles. The number of carbonyl (C=O) groups excluding carboxylic acids is 1. The van der Waals surface area contributed by atoms with Crippen molar-refractivity contribution in [2.75, 3.05) is 5.32 Å². The molecule has 0 saturated heterocycles. The number of nitriles is 1. The molecule has 7 heteroatoms. The van der Waals surface area contributed by atoms with Crippen LogP contribution in [0.2, 0.25) is 0 Å². The van der Waals surface area contributed by atoms with Crippen LogP contribution in [-0.4, -0.2) is 15.7 Å². The van der Waals surface area contributed by atoms with Crippen LogP contribution in [0.3, 0.4) is 0 Å². The molecule has 0 spiro atoms. The zero-order chi connectivity index (χ0) is 18.5. The van der Waals surface area contributed by atoms with E-state index < -0.39 is 5.91 Å². The molecule has 0 radical (unpaired) electrons. The first kappa shape index (κ1) is 17.3. The number of nitrogens with zero attached hydrogens (tertiary/aromatic N) is 3. The highest BCUT2D eigenvalue weighted by Gasteiger charge is 2.16. The molecule has 2 heterocycles. The van der Waals surface area contributed by atoms with E-state index in [-0.39, 0.29) is 17.9 Å². The van der Waals surface area contributed by atoms with Gasteiger partial charge in [0.1, 0.15) is 35.6 Å². The lowest BCUT2D eigenvalue weighted by Crippen LogP contribution is -2.14. The Bertz CT molecular complexity index is 948. The number of benzene rings is 1. The fraction of sp³-hybridized carbons (Fsp3) is 0.211. The van der Waals surface area contributed by atoms with Gasteiger partial charge < -0.3 is 14.5 Å². The third kappa shape index (κ3) is 3.75. The van der Waals surface area contributed by atoms with E-state index in [0.29, 0.717) is 11.6 Å². The van der Waals surface area contributed by atoms with Crippen LogP contribution < -0.4 is 10.1 Å². The molecule has 0 aliphatic heterocycles. The van der Waals surface area contributed by atoms with Crippen LogP contribution in [0.1, 0.15) is 34.4 Å². The fourth-order valence-corrected chi connectivity index (χ4v) is 2.39. The number of aromatic nitrogens is 2. The Morgan fingerprint density at radius 2 is 2.08 bits per heavy atom. The van der Waals surface area contributed by atoms with Gasteiger partial charge in [-0.3, -0.25) is 9.48 Å². The molecule has 26 heavy (non-hydrogen) atoms. The standard InChI is InChI=1S/C19H18N4O3/c1-3-13-4-6-15(7-5-13)25-12-16-8-9-17(26-16)19(24)22-18-14(10-20)11-21-23(18)2/h4-9,11H,3,12H2,1-2H3,(H,22,24). The number of aryl methyl sites for hydroxylation is 2. The van der Waals surface area contributed by atoms with Gasteiger partial charge in [0.25, 0.3) is 5.91 Å². The van der Waals surface area contributed by atoms with Crippen LogP contribution >= 0.6 is 0 Å². The largest absolute Gasteiger partial charge is 0.486 e. The van der Waals surface area contributed by atoms with E-state index >= 15 is 0 Å². The average molecular weight is 350 g/mol. The van der Waals surface area contributed by atoms with Crippen LogP contribution in [0.25, 0.3) is 0 Å². The van der Waals surface area contributed by atoms with Crippen LogP contribution in [0.4, 0.5) is 5.82 Å². The predicted octanol–water partition coefficient (Wildman–Crippen LogP) is 3.28. The maximum Gasteiger partial charge on any atom is 0.292 e. The molecule has 2 aromatic heterocycles. The van der Waals surface area contributed by atoms with E-state index in [1.807, 2.05) is 30.3 Å². The maximum absolute atomic E-state index is 12.3. The average Bonchev–Trinajstić information content (AvgIpc) is 3.28. The van der Waals surface area contributed by atoms with E-state index in [1.54, 1.807) is 19.2 Å². The second kappa shape index (κ2) is 7.57. The van der Waals surface area contributed by atoms with E-state index in [4.69, 9.17) is 14.4 Å². The van der Waals surface area contributed by atoms with Crippen molar-refractivity contribution in [2.24, 2.45) is 7.05 Å². The number of rotatable bonds is 6. The monoisotopic (exact) mass is 350 g/mol. The molecule has 0 aliphatic rings. The van der Waals surface area contributed by atoms with Crippen LogP contribution in [-0.2, 0) is 20.1 Å². The first-order valence-electron chi connectivity index (χ1n) is 8.14. The van der Waals surface area contributed by atoms with Gasteiger partial charge in [0.15, 0.2) is 5.76 Å². The van der Waals surface area contributed by atoms with Crippen molar-refractivity contribution in [3.8, 4) is 11.8 Å². The first-order valence-corrected chi connectivity index (χ1v) is 8.14. The van der Waals surface area contributed by atoms with Crippen molar-refractivity contribution < 1.29 is 13.9 Å². The number of carbonyl (C=O) groups is 1. The Morgan fingerprint density at radius 3 is 2.77 bits per heavy atom. The van der Waals surface area contributed by atoms with Gasteiger partial charge in [-0.05, 0) is 36.2 Å². The molecule has 0 atom stereocenters. The lowest BCUT2D eigenvalue weighted by molar-refractivity contribution is 0.0991. The van der Waals surface area contributed by atoms with Crippen LogP contribution in [0, 0.1) is 11.3 Å². The summed E-state index contributed by atoms with van der Waals surface area (Å²) in [5.74, 6) is 1.26. The Balaban J connectivity index is 1.62. The number of hydrogen-bond acceptors (Lipinski definition) is 5. The zero-order valence-corrected chi connectivity index (χ0v) is 14.5. The highest BCUT2D eigenvalue weighted by Crippen LogP contribution is 2.18. The molecule has 3 rings (SSSR count). The molecule has 3 aromatic rings. The van der Waals surface area contributed by atoms with Gasteiger partial charge in [-0.2, -0.15) is 10.4 Å². The van der Waals surface area contributed by atoms with Crippen molar-refractivity contribution >= 4 is 11.7 Å². The van der Waals surface area contributed by atoms with Crippen LogP contribution in [0.5, 0.6) is 5.75 Å². The van der Waals surface area contributed by atoms with E-state index in [1.165, 1.54) is 16.4 Å². The summed E-state index contributed by atoms with van der Waals surface area (Å²) in [5, 5.41) is 15.6. The summed E-state index contributed by atoms with van der Waals surface area (Å²) in [6.07, 6.45) is 2.36. The minimum Gasteiger partial charge on any atom is -0.486 e. The second-order valence-corrected chi connectivity index (χ2v) is 5.65. The van der Waals surface area contributed by atoms with Gasteiger partial charge >= 0.3 is 0 Å². The van der Waals surface area contributed by atoms with Crippen molar-refractivity contribution in [1.29, 1.82) is 5.26 Å². The van der Waals surface area contributed by atoms with Gasteiger partial charge in [0.2, 0.25) is 0 Å². The quantitative estimate of drug-likeness (QED) is 0.736. The molecule has 7 nitrogen and oxygen atoms in total. The minimum absolute atomic E-state index is 0.134. The minimum atomic E-state index is -0.455. The Hall–Kier alpha value is -3.53. The molecule has 132 valence electrons. The second-order valence-electron chi connectivity index (χ2n) is 5.65. The summed E-state index contributed by atoms with van der Waals surface area (Å²) in [6.45, 7) is 2.31. The summed E-state index contributed by atoms with van der Waals surface area (Å²) in [6, 6.07) is 13.1. The number of nitrogens with one attached hydrogen (secondary N) is 1. The van der Waals surface area contributed by atoms with Gasteiger partial charge in [-0.25, -0.2) is 0 Å². The molecular formula is C19H18N4O3. The van der Waals surface area contributed by atoms with Gasteiger partial charge in [0, 0.05) is 7.05 Å². The molecule has 1 amide bonds. The topological polar surface area (TPSA) is 93.1 Å². The summed E-state index contributed by atoms with van der Waals surface area (Å²) in [5.41, 5.74) is 1.52. The smallest absolute Gasteiger partial charge is 0.292 e. The predicted molar refractivity (Wildman–Crippen MR) is 94.7 cm³/mol. The molecule has 0 saturated carbocycles. The Kier molecular flexibility index (Phi) is 5.04. The first-order chi connectivity index (χ1) is 12.6. The number of furan rings is 1. The Labute approximate surface area is 150 Å². The number of hydrogen-bond donors (Lipinski definition) is 1. The van der Waals surface area contributed by atoms with Gasteiger partial charge in [0.05, 0.1) is 6.20 Å². The molecule has 0 fully saturated rings. The third-order valence-electron chi connectivity index (χ3n) is 3.89. The Morgan fingerprint density at radius 1 is 1.31 bits per heavy atom. The number of anilines is 1. The van der Waals surface area contributed by atoms with Crippen LogP contribution in [0.15, 0.2) is 47.0 Å². The van der Waals surface area contributed by atoms with Crippen molar-refractivity contribution in [3.63, 3.8) is 0 Å². The van der Waals surface area contributed by atoms with Gasteiger partial charge in [-0.1, -0.05) is 19.1 Å². The molecular weight excluding hydrogens is 332 g/mol. The third-order valence-corrected chi connectivity index (χ3v) is 3.89. The van der Waals surface area contributed by atoms with Crippen molar-refractivity contribution in [1.82, 2.24) is 9.78 Å². The summed E-state index contributed by atoms with van der Waals surface area (Å²) >= 11 is 0. The van der Waals surface area contributed by atoms with Crippen molar-refractivity contribution in [3.05, 3.63) is 65.2 Å². The maximum atomic E-state index is 12.3. The highest BCUT2D eigenvalue weighted by atomic mass is 16.5. The van der Waals surface area contributed by atoms with E-state index in [0.717, 1.165) is 12.2 Å². The summed E-state index contributed by atoms with van der Waals surface area (Å²) < 4.78 is 12.6. The number of amides is 1. The molecule has 0 aliphatic carbocycles. The van der Waals surface area contributed by atoms with E-state index in [2.05, 4.69) is 17.3 Å². The summed E-state index contributed by atoms with van der Waals surface area (Å²) in [7, 11) is 1.64. The lowest BCUT2D eigenvalue weighted by atomic mass is 10.2. The molecule has 1 N–H and O–H groups in total. The normalized spacial score (nSPS) is 10.3. The SMILES string of the molecule is CCc1ccc(OCc2ccc(C(=O)Nc3c(C#N)cnn3C)o2)cc1. The zero-order valence-electron chi connectivity index (χ0n) is 14.5. The molecule has 0 unspecified atom stereocenters. The summed E-state index contributed by atoms with van der Waals surface area (Å²) in [4.78, 5) is 12.3. The van der Waals surface area contributed by atoms with Crippen molar-refractivity contribution in [2.45, 2.75) is 20.0 Å². The van der Waals surface area contributed by atoms with E-state index in [9.17, 15) is 4.79 Å².